The van der Waals surface area contributed by atoms with Crippen molar-refractivity contribution in [2.24, 2.45) is 5.73 Å². The zero-order valence-electron chi connectivity index (χ0n) is 9.81. The van der Waals surface area contributed by atoms with E-state index in [0.717, 1.165) is 6.92 Å². The lowest BCUT2D eigenvalue weighted by Gasteiger charge is -2.24. The van der Waals surface area contributed by atoms with E-state index in [1.54, 1.807) is 0 Å². The van der Waals surface area contributed by atoms with Crippen LogP contribution < -0.4 is 5.73 Å². The molecular formula is C9H13F6NO3. The quantitative estimate of drug-likeness (QED) is 0.581. The van der Waals surface area contributed by atoms with Gasteiger partial charge in [0.1, 0.15) is 5.54 Å². The number of hydrogen-bond donors (Lipinski definition) is 2. The average Bonchev–Trinajstić information content (AvgIpc) is 2.12. The molecule has 0 saturated heterocycles. The zero-order valence-corrected chi connectivity index (χ0v) is 9.81. The first-order valence-electron chi connectivity index (χ1n) is 5.06. The zero-order chi connectivity index (χ0) is 15.5. The van der Waals surface area contributed by atoms with Crippen molar-refractivity contribution >= 4 is 5.97 Å². The summed E-state index contributed by atoms with van der Waals surface area (Å²) in [5.74, 6) is -1.41. The summed E-state index contributed by atoms with van der Waals surface area (Å²) in [5, 5.41) is 8.58. The fourth-order valence-corrected chi connectivity index (χ4v) is 1.12. The Balaban J connectivity index is 4.35. The largest absolute Gasteiger partial charge is 0.480 e. The average molecular weight is 297 g/mol. The predicted octanol–water partition coefficient (Wildman–Crippen LogP) is 2.08. The van der Waals surface area contributed by atoms with Gasteiger partial charge in [0, 0.05) is 6.61 Å². The molecular weight excluding hydrogens is 284 g/mol. The van der Waals surface area contributed by atoms with Crippen LogP contribution in [0.5, 0.6) is 0 Å². The number of carbonyl (C=O) groups is 1. The first-order chi connectivity index (χ1) is 8.28. The molecule has 10 heteroatoms. The molecule has 114 valence electrons. The number of nitrogens with two attached hydrogens (primary N) is 1. The molecule has 1 atom stereocenters. The summed E-state index contributed by atoms with van der Waals surface area (Å²) in [6, 6.07) is 0. The van der Waals surface area contributed by atoms with E-state index in [2.05, 4.69) is 4.74 Å². The van der Waals surface area contributed by atoms with Gasteiger partial charge in [-0.2, -0.15) is 26.3 Å². The van der Waals surface area contributed by atoms with Gasteiger partial charge in [0.25, 0.3) is 0 Å². The van der Waals surface area contributed by atoms with Crippen LogP contribution in [-0.2, 0) is 9.53 Å². The van der Waals surface area contributed by atoms with Gasteiger partial charge >= 0.3 is 18.3 Å². The van der Waals surface area contributed by atoms with Gasteiger partial charge in [-0.3, -0.25) is 4.79 Å². The molecule has 0 saturated carbocycles. The Labute approximate surface area is 104 Å². The maximum atomic E-state index is 12.0. The van der Waals surface area contributed by atoms with Crippen molar-refractivity contribution in [3.05, 3.63) is 0 Å². The van der Waals surface area contributed by atoms with Crippen LogP contribution >= 0.6 is 0 Å². The normalized spacial score (nSPS) is 16.5. The van der Waals surface area contributed by atoms with E-state index in [4.69, 9.17) is 10.8 Å². The Morgan fingerprint density at radius 2 is 1.63 bits per heavy atom. The molecule has 0 fully saturated rings. The number of ether oxygens (including phenoxy) is 1. The molecule has 0 radical (unpaired) electrons. The SMILES string of the molecule is CC(N)(CCCOC(C(F)(F)F)C(F)(F)F)C(=O)O. The molecule has 0 rings (SSSR count). The van der Waals surface area contributed by atoms with Crippen LogP contribution in [0, 0.1) is 0 Å². The van der Waals surface area contributed by atoms with E-state index >= 15 is 0 Å². The maximum Gasteiger partial charge on any atom is 0.423 e. The second-order valence-corrected chi connectivity index (χ2v) is 4.16. The highest BCUT2D eigenvalue weighted by Gasteiger charge is 2.57. The molecule has 0 aliphatic carbocycles. The first-order valence-corrected chi connectivity index (χ1v) is 5.06. The fourth-order valence-electron chi connectivity index (χ4n) is 1.12. The summed E-state index contributed by atoms with van der Waals surface area (Å²) < 4.78 is 76.0. The number of carboxylic acids is 1. The standard InChI is InChI=1S/C9H13F6NO3/c1-7(16,6(17)18)3-2-4-19-5(8(10,11)12)9(13,14)15/h5H,2-4,16H2,1H3,(H,17,18). The molecule has 1 unspecified atom stereocenters. The van der Waals surface area contributed by atoms with Crippen LogP contribution in [0.1, 0.15) is 19.8 Å². The molecule has 0 aromatic heterocycles. The summed E-state index contributed by atoms with van der Waals surface area (Å²) in [4.78, 5) is 10.5. The molecule has 0 aliphatic heterocycles. The highest BCUT2D eigenvalue weighted by molar-refractivity contribution is 5.77. The lowest BCUT2D eigenvalue weighted by molar-refractivity contribution is -0.321. The second kappa shape index (κ2) is 5.95. The lowest BCUT2D eigenvalue weighted by Crippen LogP contribution is -2.46. The number of alkyl halides is 6. The fraction of sp³-hybridized carbons (Fsp3) is 0.889. The van der Waals surface area contributed by atoms with Crippen LogP contribution in [0.15, 0.2) is 0 Å². The molecule has 0 bridgehead atoms. The first kappa shape index (κ1) is 18.0. The molecule has 0 aromatic carbocycles. The van der Waals surface area contributed by atoms with Crippen molar-refractivity contribution in [1.82, 2.24) is 0 Å². The summed E-state index contributed by atoms with van der Waals surface area (Å²) in [7, 11) is 0. The molecule has 0 spiro atoms. The highest BCUT2D eigenvalue weighted by atomic mass is 19.4. The van der Waals surface area contributed by atoms with Crippen LogP contribution in [0.2, 0.25) is 0 Å². The molecule has 0 amide bonds. The third-order valence-electron chi connectivity index (χ3n) is 2.21. The molecule has 4 nitrogen and oxygen atoms in total. The van der Waals surface area contributed by atoms with E-state index in [0.29, 0.717) is 0 Å². The number of carboxylic acid groups (broad SMARTS) is 1. The number of aliphatic carboxylic acids is 1. The van der Waals surface area contributed by atoms with Gasteiger partial charge in [-0.25, -0.2) is 0 Å². The van der Waals surface area contributed by atoms with E-state index in [1.807, 2.05) is 0 Å². The van der Waals surface area contributed by atoms with Crippen molar-refractivity contribution in [1.29, 1.82) is 0 Å². The van der Waals surface area contributed by atoms with Gasteiger partial charge in [0.15, 0.2) is 0 Å². The Kier molecular flexibility index (Phi) is 5.63. The Hall–Kier alpha value is -1.03. The van der Waals surface area contributed by atoms with E-state index < -0.39 is 36.6 Å². The minimum Gasteiger partial charge on any atom is -0.480 e. The topological polar surface area (TPSA) is 72.5 Å². The molecule has 0 aromatic rings. The highest BCUT2D eigenvalue weighted by Crippen LogP contribution is 2.35. The lowest BCUT2D eigenvalue weighted by atomic mass is 9.98. The van der Waals surface area contributed by atoms with Gasteiger partial charge in [-0.05, 0) is 19.8 Å². The summed E-state index contributed by atoms with van der Waals surface area (Å²) in [5.41, 5.74) is 3.52. The smallest absolute Gasteiger partial charge is 0.423 e. The van der Waals surface area contributed by atoms with Crippen LogP contribution in [-0.4, -0.2) is 41.7 Å². The van der Waals surface area contributed by atoms with Crippen LogP contribution in [0.4, 0.5) is 26.3 Å². The number of halogens is 6. The van der Waals surface area contributed by atoms with E-state index in [-0.39, 0.29) is 12.8 Å². The molecule has 19 heavy (non-hydrogen) atoms. The monoisotopic (exact) mass is 297 g/mol. The minimum absolute atomic E-state index is 0.315. The van der Waals surface area contributed by atoms with Crippen molar-refractivity contribution in [2.75, 3.05) is 6.61 Å². The molecule has 0 aliphatic rings. The Bertz CT molecular complexity index is 298. The third kappa shape index (κ3) is 6.10. The van der Waals surface area contributed by atoms with Gasteiger partial charge in [0.2, 0.25) is 6.10 Å². The molecule has 0 heterocycles. The van der Waals surface area contributed by atoms with Crippen molar-refractivity contribution in [3.63, 3.8) is 0 Å². The Morgan fingerprint density at radius 3 is 1.95 bits per heavy atom. The third-order valence-corrected chi connectivity index (χ3v) is 2.21. The van der Waals surface area contributed by atoms with Gasteiger partial charge in [-0.1, -0.05) is 0 Å². The molecule has 3 N–H and O–H groups in total. The Morgan fingerprint density at radius 1 is 1.21 bits per heavy atom. The van der Waals surface area contributed by atoms with Gasteiger partial charge < -0.3 is 15.6 Å². The van der Waals surface area contributed by atoms with Crippen LogP contribution in [0.3, 0.4) is 0 Å². The van der Waals surface area contributed by atoms with Crippen molar-refractivity contribution in [3.8, 4) is 0 Å². The summed E-state index contributed by atoms with van der Waals surface area (Å²) in [6.45, 7) is 0.199. The minimum atomic E-state index is -5.57. The second-order valence-electron chi connectivity index (χ2n) is 4.16. The van der Waals surface area contributed by atoms with Gasteiger partial charge in [0.05, 0.1) is 0 Å². The van der Waals surface area contributed by atoms with Crippen molar-refractivity contribution in [2.45, 2.75) is 43.8 Å². The number of rotatable bonds is 6. The van der Waals surface area contributed by atoms with E-state index in [9.17, 15) is 31.1 Å². The predicted molar refractivity (Wildman–Crippen MR) is 51.3 cm³/mol. The summed E-state index contributed by atoms with van der Waals surface area (Å²) >= 11 is 0. The number of hydrogen-bond acceptors (Lipinski definition) is 3. The van der Waals surface area contributed by atoms with Gasteiger partial charge in [-0.15, -0.1) is 0 Å². The van der Waals surface area contributed by atoms with Crippen LogP contribution in [0.25, 0.3) is 0 Å². The van der Waals surface area contributed by atoms with Crippen molar-refractivity contribution < 1.29 is 41.0 Å². The summed E-state index contributed by atoms with van der Waals surface area (Å²) in [6.07, 6.45) is -15.7. The maximum absolute atomic E-state index is 12.0. The van der Waals surface area contributed by atoms with E-state index in [1.165, 1.54) is 0 Å².